The van der Waals surface area contributed by atoms with Crippen LogP contribution in [0.2, 0.25) is 0 Å². The van der Waals surface area contributed by atoms with E-state index in [2.05, 4.69) is 37.7 Å². The molecular weight excluding hydrogens is 418 g/mol. The Morgan fingerprint density at radius 2 is 2.00 bits per heavy atom. The monoisotopic (exact) mass is 457 g/mol. The van der Waals surface area contributed by atoms with Gasteiger partial charge in [0, 0.05) is 23.2 Å². The van der Waals surface area contributed by atoms with Crippen molar-refractivity contribution in [3.05, 3.63) is 24.0 Å². The summed E-state index contributed by atoms with van der Waals surface area (Å²) in [4.78, 5) is 26.6. The highest BCUT2D eigenvalue weighted by Gasteiger charge is 2.68. The van der Waals surface area contributed by atoms with E-state index in [1.165, 1.54) is 0 Å². The molecule has 3 saturated carbocycles. The molecule has 1 aromatic heterocycles. The van der Waals surface area contributed by atoms with Crippen LogP contribution in [0, 0.1) is 47.8 Å². The first-order chi connectivity index (χ1) is 15.4. The van der Waals surface area contributed by atoms with Crippen molar-refractivity contribution in [3.8, 4) is 0 Å². The number of aryl methyl sites for hydroxylation is 1. The van der Waals surface area contributed by atoms with E-state index in [1.807, 2.05) is 26.8 Å². The molecule has 7 heteroatoms. The number of rotatable bonds is 4. The number of ether oxygens (including phenoxy) is 1. The third kappa shape index (κ3) is 3.41. The first-order valence-electron chi connectivity index (χ1n) is 12.3. The minimum Gasteiger partial charge on any atom is -0.460 e. The van der Waals surface area contributed by atoms with Crippen LogP contribution in [0.5, 0.6) is 0 Å². The number of ketones is 1. The Balaban J connectivity index is 1.77. The molecule has 1 N–H and O–H groups in total. The highest BCUT2D eigenvalue weighted by atomic mass is 16.5. The second kappa shape index (κ2) is 8.03. The van der Waals surface area contributed by atoms with Crippen molar-refractivity contribution in [1.82, 2.24) is 15.0 Å². The molecular formula is C26H39N3O4. The fourth-order valence-corrected chi connectivity index (χ4v) is 7.42. The molecule has 3 aliphatic carbocycles. The molecule has 1 unspecified atom stereocenters. The van der Waals surface area contributed by atoms with Gasteiger partial charge in [0.2, 0.25) is 0 Å². The highest BCUT2D eigenvalue weighted by Crippen LogP contribution is 2.67. The first-order valence-corrected chi connectivity index (χ1v) is 12.3. The molecule has 0 saturated heterocycles. The predicted molar refractivity (Wildman–Crippen MR) is 124 cm³/mol. The van der Waals surface area contributed by atoms with Crippen LogP contribution < -0.4 is 0 Å². The summed E-state index contributed by atoms with van der Waals surface area (Å²) in [5.41, 5.74) is 0.193. The van der Waals surface area contributed by atoms with Crippen LogP contribution >= 0.6 is 0 Å². The molecule has 0 aromatic carbocycles. The maximum Gasteiger partial charge on any atom is 0.328 e. The summed E-state index contributed by atoms with van der Waals surface area (Å²) in [6.07, 6.45) is 4.28. The number of hydrogen-bond donors (Lipinski definition) is 1. The van der Waals surface area contributed by atoms with E-state index in [0.29, 0.717) is 12.8 Å². The fourth-order valence-electron chi connectivity index (χ4n) is 7.42. The van der Waals surface area contributed by atoms with E-state index < -0.39 is 29.0 Å². The van der Waals surface area contributed by atoms with Crippen LogP contribution in [-0.2, 0) is 20.9 Å². The molecule has 0 aliphatic heterocycles. The maximum absolute atomic E-state index is 13.4. The number of esters is 1. The third-order valence-corrected chi connectivity index (χ3v) is 10.1. The summed E-state index contributed by atoms with van der Waals surface area (Å²) in [7, 11) is 0. The second-order valence-corrected chi connectivity index (χ2v) is 11.5. The number of aliphatic hydroxyl groups is 1. The zero-order chi connectivity index (χ0) is 24.3. The van der Waals surface area contributed by atoms with Crippen molar-refractivity contribution in [2.24, 2.45) is 34.0 Å². The molecule has 2 bridgehead atoms. The lowest BCUT2D eigenvalue weighted by atomic mass is 9.44. The predicted octanol–water partition coefficient (Wildman–Crippen LogP) is 3.80. The highest BCUT2D eigenvalue weighted by molar-refractivity contribution is 5.85. The molecule has 0 amide bonds. The molecule has 1 heterocycles. The van der Waals surface area contributed by atoms with Gasteiger partial charge in [-0.2, -0.15) is 0 Å². The number of Topliss-reactive ketones (excluding diaryl/α,β-unsaturated/α-hetero) is 1. The topological polar surface area (TPSA) is 94.3 Å². The van der Waals surface area contributed by atoms with E-state index in [9.17, 15) is 14.7 Å². The van der Waals surface area contributed by atoms with Gasteiger partial charge < -0.3 is 9.84 Å². The lowest BCUT2D eigenvalue weighted by Gasteiger charge is -2.61. The van der Waals surface area contributed by atoms with Crippen molar-refractivity contribution in [2.45, 2.75) is 92.4 Å². The average Bonchev–Trinajstić information content (AvgIpc) is 3.29. The minimum atomic E-state index is -0.664. The number of carbonyl (C=O) groups excluding carboxylic acids is 2. The zero-order valence-corrected chi connectivity index (χ0v) is 20.9. The minimum absolute atomic E-state index is 0.0266. The Hall–Kier alpha value is -2.02. The quantitative estimate of drug-likeness (QED) is 0.546. The van der Waals surface area contributed by atoms with Gasteiger partial charge in [0.05, 0.1) is 17.5 Å². The van der Waals surface area contributed by atoms with E-state index >= 15 is 0 Å². The molecule has 1 aromatic rings. The van der Waals surface area contributed by atoms with Gasteiger partial charge in [0.1, 0.15) is 18.4 Å². The molecule has 33 heavy (non-hydrogen) atoms. The second-order valence-electron chi connectivity index (χ2n) is 11.5. The normalized spacial score (nSPS) is 42.9. The summed E-state index contributed by atoms with van der Waals surface area (Å²) in [6.45, 7) is 16.2. The fraction of sp³-hybridized carbons (Fsp3) is 0.769. The number of hydrogen-bond acceptors (Lipinski definition) is 6. The van der Waals surface area contributed by atoms with Gasteiger partial charge >= 0.3 is 5.97 Å². The SMILES string of the molecule is C=C[C@]1(C)CC(OC(=O)Cn2nnc(C)c2C)[C@]2(C)[C@H](C)CC[C@]3(CCC(=O)[C@H]32)[C@@H](C)[C@@H]1O. The molecule has 182 valence electrons. The maximum atomic E-state index is 13.4. The Morgan fingerprint density at radius 3 is 2.61 bits per heavy atom. The molecule has 8 atom stereocenters. The molecule has 3 aliphatic rings. The van der Waals surface area contributed by atoms with Crippen molar-refractivity contribution in [1.29, 1.82) is 0 Å². The Morgan fingerprint density at radius 1 is 1.30 bits per heavy atom. The van der Waals surface area contributed by atoms with Gasteiger partial charge in [-0.3, -0.25) is 9.59 Å². The van der Waals surface area contributed by atoms with E-state index in [4.69, 9.17) is 4.74 Å². The largest absolute Gasteiger partial charge is 0.460 e. The zero-order valence-electron chi connectivity index (χ0n) is 20.9. The van der Waals surface area contributed by atoms with Crippen LogP contribution in [-0.4, -0.2) is 44.1 Å². The van der Waals surface area contributed by atoms with Crippen molar-refractivity contribution >= 4 is 11.8 Å². The van der Waals surface area contributed by atoms with Crippen LogP contribution in [0.1, 0.15) is 71.2 Å². The Kier molecular flexibility index (Phi) is 5.87. The van der Waals surface area contributed by atoms with E-state index in [-0.39, 0.29) is 35.5 Å². The molecule has 3 fully saturated rings. The lowest BCUT2D eigenvalue weighted by molar-refractivity contribution is -0.207. The van der Waals surface area contributed by atoms with Gasteiger partial charge in [-0.1, -0.05) is 39.0 Å². The van der Waals surface area contributed by atoms with Gasteiger partial charge in [0.15, 0.2) is 0 Å². The van der Waals surface area contributed by atoms with Gasteiger partial charge in [0.25, 0.3) is 0 Å². The smallest absolute Gasteiger partial charge is 0.328 e. The summed E-state index contributed by atoms with van der Waals surface area (Å²) in [5, 5.41) is 19.7. The number of carbonyl (C=O) groups is 2. The van der Waals surface area contributed by atoms with Crippen molar-refractivity contribution in [3.63, 3.8) is 0 Å². The van der Waals surface area contributed by atoms with E-state index in [1.54, 1.807) is 4.68 Å². The molecule has 7 nitrogen and oxygen atoms in total. The van der Waals surface area contributed by atoms with Crippen molar-refractivity contribution in [2.75, 3.05) is 0 Å². The third-order valence-electron chi connectivity index (χ3n) is 10.1. The van der Waals surface area contributed by atoms with Crippen molar-refractivity contribution < 1.29 is 19.4 Å². The number of aliphatic hydroxyl groups excluding tert-OH is 1. The van der Waals surface area contributed by atoms with Crippen LogP contribution in [0.15, 0.2) is 12.7 Å². The molecule has 4 rings (SSSR count). The van der Waals surface area contributed by atoms with Crippen LogP contribution in [0.3, 0.4) is 0 Å². The Labute approximate surface area is 197 Å². The Bertz CT molecular complexity index is 973. The first kappa shape index (κ1) is 24.1. The summed E-state index contributed by atoms with van der Waals surface area (Å²) >= 11 is 0. The van der Waals surface area contributed by atoms with Crippen LogP contribution in [0.4, 0.5) is 0 Å². The number of nitrogens with zero attached hydrogens (tertiary/aromatic N) is 3. The van der Waals surface area contributed by atoms with Gasteiger partial charge in [-0.15, -0.1) is 11.7 Å². The van der Waals surface area contributed by atoms with Crippen LogP contribution in [0.25, 0.3) is 0 Å². The molecule has 0 spiro atoms. The number of aromatic nitrogens is 3. The van der Waals surface area contributed by atoms with Gasteiger partial charge in [-0.25, -0.2) is 4.68 Å². The standard InChI is InChI=1S/C26H39N3O4/c1-8-24(6)13-20(33-21(31)14-29-18(5)17(4)27-28-29)25(7)15(2)9-11-26(16(3)23(24)32)12-10-19(30)22(25)26/h8,15-16,20,22-23,32H,1,9-14H2,2-7H3/t15-,16+,20?,22+,23+,24-,25+,26+/m1/s1. The average molecular weight is 458 g/mol. The lowest BCUT2D eigenvalue weighted by Crippen LogP contribution is -2.63. The molecule has 0 radical (unpaired) electrons. The summed E-state index contributed by atoms with van der Waals surface area (Å²) in [6, 6.07) is 0. The van der Waals surface area contributed by atoms with E-state index in [0.717, 1.165) is 30.7 Å². The summed E-state index contributed by atoms with van der Waals surface area (Å²) in [5.74, 6) is -0.184. The summed E-state index contributed by atoms with van der Waals surface area (Å²) < 4.78 is 7.81. The van der Waals surface area contributed by atoms with Gasteiger partial charge in [-0.05, 0) is 56.8 Å².